The summed E-state index contributed by atoms with van der Waals surface area (Å²) in [6.07, 6.45) is 2.05. The van der Waals surface area contributed by atoms with E-state index in [1.807, 2.05) is 6.92 Å². The lowest BCUT2D eigenvalue weighted by Crippen LogP contribution is -2.18. The zero-order chi connectivity index (χ0) is 7.11. The molecule has 0 fully saturated rings. The smallest absolute Gasteiger partial charge is 0.348 e. The summed E-state index contributed by atoms with van der Waals surface area (Å²) >= 11 is 0. The minimum Gasteiger partial charge on any atom is -0.367 e. The third-order valence-electron chi connectivity index (χ3n) is 0.691. The Hall–Kier alpha value is -0.830. The zero-order valence-corrected chi connectivity index (χ0v) is 5.52. The van der Waals surface area contributed by atoms with Gasteiger partial charge in [0.25, 0.3) is 0 Å². The quantitative estimate of drug-likeness (QED) is 0.344. The second-order valence-corrected chi connectivity index (χ2v) is 1.52. The van der Waals surface area contributed by atoms with Crippen molar-refractivity contribution in [3.63, 3.8) is 0 Å². The van der Waals surface area contributed by atoms with Crippen molar-refractivity contribution in [3.8, 4) is 0 Å². The SMILES string of the molecule is C=CC(=O)ONCCC. The number of hydroxylamine groups is 1. The molecule has 0 aliphatic carbocycles. The number of carbonyl (C=O) groups excluding carboxylic acids is 1. The van der Waals surface area contributed by atoms with Crippen LogP contribution in [0.4, 0.5) is 0 Å². The van der Waals surface area contributed by atoms with Crippen LogP contribution in [0.25, 0.3) is 0 Å². The monoisotopic (exact) mass is 129 g/mol. The highest BCUT2D eigenvalue weighted by molar-refractivity contribution is 5.80. The lowest BCUT2D eigenvalue weighted by atomic mass is 10.5. The molecule has 1 N–H and O–H groups in total. The Morgan fingerprint density at radius 2 is 2.56 bits per heavy atom. The van der Waals surface area contributed by atoms with Crippen LogP contribution < -0.4 is 5.48 Å². The van der Waals surface area contributed by atoms with Crippen molar-refractivity contribution in [2.75, 3.05) is 6.54 Å². The van der Waals surface area contributed by atoms with E-state index in [1.165, 1.54) is 0 Å². The fourth-order valence-corrected chi connectivity index (χ4v) is 0.266. The highest BCUT2D eigenvalue weighted by Gasteiger charge is 1.90. The molecule has 0 saturated heterocycles. The van der Waals surface area contributed by atoms with E-state index in [2.05, 4.69) is 16.9 Å². The average molecular weight is 129 g/mol. The first-order valence-electron chi connectivity index (χ1n) is 2.87. The average Bonchev–Trinajstić information content (AvgIpc) is 1.89. The zero-order valence-electron chi connectivity index (χ0n) is 5.52. The Balaban J connectivity index is 3.07. The van der Waals surface area contributed by atoms with Crippen LogP contribution in [-0.4, -0.2) is 12.5 Å². The van der Waals surface area contributed by atoms with E-state index in [-0.39, 0.29) is 0 Å². The number of carbonyl (C=O) groups is 1. The highest BCUT2D eigenvalue weighted by Crippen LogP contribution is 1.74. The normalized spacial score (nSPS) is 8.56. The third-order valence-corrected chi connectivity index (χ3v) is 0.691. The summed E-state index contributed by atoms with van der Waals surface area (Å²) < 4.78 is 0. The summed E-state index contributed by atoms with van der Waals surface area (Å²) in [5, 5.41) is 0. The van der Waals surface area contributed by atoms with Gasteiger partial charge in [0.15, 0.2) is 0 Å². The van der Waals surface area contributed by atoms with Gasteiger partial charge in [-0.05, 0) is 6.42 Å². The molecule has 0 rings (SSSR count). The fourth-order valence-electron chi connectivity index (χ4n) is 0.266. The summed E-state index contributed by atoms with van der Waals surface area (Å²) in [6.45, 7) is 5.89. The van der Waals surface area contributed by atoms with Gasteiger partial charge in [-0.2, -0.15) is 5.48 Å². The lowest BCUT2D eigenvalue weighted by Gasteiger charge is -1.98. The van der Waals surface area contributed by atoms with Gasteiger partial charge in [-0.1, -0.05) is 13.5 Å². The van der Waals surface area contributed by atoms with Crippen molar-refractivity contribution in [1.82, 2.24) is 5.48 Å². The van der Waals surface area contributed by atoms with E-state index in [1.54, 1.807) is 0 Å². The van der Waals surface area contributed by atoms with Crippen LogP contribution in [0.1, 0.15) is 13.3 Å². The minimum atomic E-state index is -0.441. The van der Waals surface area contributed by atoms with Gasteiger partial charge in [-0.25, -0.2) is 4.79 Å². The third kappa shape index (κ3) is 5.03. The van der Waals surface area contributed by atoms with Crippen molar-refractivity contribution in [2.45, 2.75) is 13.3 Å². The van der Waals surface area contributed by atoms with Crippen LogP contribution in [-0.2, 0) is 9.63 Å². The fraction of sp³-hybridized carbons (Fsp3) is 0.500. The Morgan fingerprint density at radius 3 is 3.00 bits per heavy atom. The summed E-state index contributed by atoms with van der Waals surface area (Å²) in [5.74, 6) is -0.441. The first kappa shape index (κ1) is 8.17. The maximum absolute atomic E-state index is 10.3. The molecule has 0 unspecified atom stereocenters. The molecule has 0 aromatic heterocycles. The number of hydrogen-bond donors (Lipinski definition) is 1. The molecule has 0 aromatic carbocycles. The molecule has 0 aliphatic rings. The van der Waals surface area contributed by atoms with Crippen molar-refractivity contribution in [3.05, 3.63) is 12.7 Å². The molecule has 3 heteroatoms. The summed E-state index contributed by atoms with van der Waals surface area (Å²) in [6, 6.07) is 0. The maximum atomic E-state index is 10.3. The molecule has 52 valence electrons. The first-order chi connectivity index (χ1) is 4.31. The summed E-state index contributed by atoms with van der Waals surface area (Å²) in [5.41, 5.74) is 2.46. The van der Waals surface area contributed by atoms with Crippen LogP contribution in [0, 0.1) is 0 Å². The molecule has 0 bridgehead atoms. The second kappa shape index (κ2) is 5.31. The Bertz CT molecular complexity index is 101. The lowest BCUT2D eigenvalue weighted by molar-refractivity contribution is -0.144. The predicted octanol–water partition coefficient (Wildman–Crippen LogP) is 0.630. The van der Waals surface area contributed by atoms with E-state index < -0.39 is 5.97 Å². The number of nitrogens with one attached hydrogen (secondary N) is 1. The van der Waals surface area contributed by atoms with Crippen LogP contribution in [0.3, 0.4) is 0 Å². The van der Waals surface area contributed by atoms with Crippen LogP contribution in [0.15, 0.2) is 12.7 Å². The first-order valence-corrected chi connectivity index (χ1v) is 2.87. The van der Waals surface area contributed by atoms with E-state index >= 15 is 0 Å². The Morgan fingerprint density at radius 1 is 1.89 bits per heavy atom. The van der Waals surface area contributed by atoms with Gasteiger partial charge in [-0.15, -0.1) is 0 Å². The van der Waals surface area contributed by atoms with Gasteiger partial charge in [0.2, 0.25) is 0 Å². The molecule has 0 heterocycles. The molecule has 0 aromatic rings. The summed E-state index contributed by atoms with van der Waals surface area (Å²) in [4.78, 5) is 14.7. The van der Waals surface area contributed by atoms with Crippen LogP contribution in [0.5, 0.6) is 0 Å². The van der Waals surface area contributed by atoms with Crippen molar-refractivity contribution >= 4 is 5.97 Å². The standard InChI is InChI=1S/C6H11NO2/c1-3-5-7-9-6(8)4-2/h4,7H,2-3,5H2,1H3. The molecule has 0 saturated carbocycles. The predicted molar refractivity (Wildman–Crippen MR) is 34.6 cm³/mol. The van der Waals surface area contributed by atoms with Gasteiger partial charge >= 0.3 is 5.97 Å². The van der Waals surface area contributed by atoms with E-state index in [0.29, 0.717) is 6.54 Å². The van der Waals surface area contributed by atoms with Gasteiger partial charge in [-0.3, -0.25) is 0 Å². The van der Waals surface area contributed by atoms with Crippen LogP contribution >= 0.6 is 0 Å². The number of hydrogen-bond acceptors (Lipinski definition) is 3. The Kier molecular flexibility index (Phi) is 4.82. The van der Waals surface area contributed by atoms with E-state index in [4.69, 9.17) is 0 Å². The molecule has 9 heavy (non-hydrogen) atoms. The topological polar surface area (TPSA) is 38.3 Å². The largest absolute Gasteiger partial charge is 0.367 e. The van der Waals surface area contributed by atoms with E-state index in [9.17, 15) is 4.79 Å². The van der Waals surface area contributed by atoms with Gasteiger partial charge in [0.1, 0.15) is 0 Å². The molecule has 0 spiro atoms. The molecule has 0 aliphatic heterocycles. The molecular formula is C6H11NO2. The molecular weight excluding hydrogens is 118 g/mol. The van der Waals surface area contributed by atoms with Gasteiger partial charge in [0, 0.05) is 12.6 Å². The van der Waals surface area contributed by atoms with Crippen molar-refractivity contribution < 1.29 is 9.63 Å². The van der Waals surface area contributed by atoms with E-state index in [0.717, 1.165) is 12.5 Å². The molecule has 0 radical (unpaired) electrons. The second-order valence-electron chi connectivity index (χ2n) is 1.52. The molecule has 3 nitrogen and oxygen atoms in total. The minimum absolute atomic E-state index is 0.441. The van der Waals surface area contributed by atoms with Crippen LogP contribution in [0.2, 0.25) is 0 Å². The molecule has 0 atom stereocenters. The summed E-state index contributed by atoms with van der Waals surface area (Å²) in [7, 11) is 0. The highest BCUT2D eigenvalue weighted by atomic mass is 16.7. The van der Waals surface area contributed by atoms with Crippen molar-refractivity contribution in [2.24, 2.45) is 0 Å². The van der Waals surface area contributed by atoms with Gasteiger partial charge in [0.05, 0.1) is 0 Å². The Labute approximate surface area is 54.7 Å². The van der Waals surface area contributed by atoms with Gasteiger partial charge < -0.3 is 4.84 Å². The maximum Gasteiger partial charge on any atom is 0.348 e. The van der Waals surface area contributed by atoms with Crippen molar-refractivity contribution in [1.29, 1.82) is 0 Å². The molecule has 0 amide bonds. The number of rotatable bonds is 4.